The van der Waals surface area contributed by atoms with Crippen molar-refractivity contribution in [2.75, 3.05) is 36.9 Å². The van der Waals surface area contributed by atoms with Crippen molar-refractivity contribution >= 4 is 126 Å². The van der Waals surface area contributed by atoms with Gasteiger partial charge in [0.2, 0.25) is 70.9 Å². The molecule has 22 N–H and O–H groups in total. The number of hydrogen-bond acceptors (Lipinski definition) is 21. The van der Waals surface area contributed by atoms with Gasteiger partial charge < -0.3 is 96.1 Å². The number of hydrogen-bond donors (Lipinski definition) is 21. The topological polar surface area (TPSA) is 526 Å². The molecule has 2 aromatic carbocycles. The van der Waals surface area contributed by atoms with Gasteiger partial charge in [-0.05, 0) is 87.6 Å². The van der Waals surface area contributed by atoms with E-state index in [9.17, 15) is 57.8 Å². The zero-order valence-corrected chi connectivity index (χ0v) is 57.9. The first-order valence-electron chi connectivity index (χ1n) is 32.4. The lowest BCUT2D eigenvalue weighted by Gasteiger charge is -2.31. The van der Waals surface area contributed by atoms with Gasteiger partial charge in [-0.25, -0.2) is 4.98 Å². The largest absolute Gasteiger partial charge is 0.481 e. The molecule has 5 rings (SSSR count). The molecule has 0 bridgehead atoms. The van der Waals surface area contributed by atoms with Gasteiger partial charge in [0.1, 0.15) is 72.7 Å². The molecule has 2 aromatic heterocycles. The van der Waals surface area contributed by atoms with E-state index in [-0.39, 0.29) is 86.9 Å². The van der Waals surface area contributed by atoms with Crippen LogP contribution < -0.4 is 81.4 Å². The van der Waals surface area contributed by atoms with E-state index in [1.807, 2.05) is 0 Å². The molecule has 1 saturated heterocycles. The Morgan fingerprint density at radius 3 is 1.71 bits per heavy atom. The molecule has 36 heteroatoms. The van der Waals surface area contributed by atoms with Gasteiger partial charge in [-0.2, -0.15) is 37.9 Å². The lowest BCUT2D eigenvalue weighted by Crippen LogP contribution is -2.60. The number of thiol groups is 3. The van der Waals surface area contributed by atoms with E-state index in [1.54, 1.807) is 62.5 Å². The number of fused-ring (bicyclic) bond motifs is 1. The molecule has 1 aliphatic rings. The van der Waals surface area contributed by atoms with Crippen LogP contribution in [0.2, 0.25) is 0 Å². The quantitative estimate of drug-likeness (QED) is 0.0116. The summed E-state index contributed by atoms with van der Waals surface area (Å²) >= 11 is 12.7. The summed E-state index contributed by atoms with van der Waals surface area (Å²) in [6.45, 7) is 5.14. The molecule has 11 atom stereocenters. The van der Waals surface area contributed by atoms with Gasteiger partial charge >= 0.3 is 5.97 Å². The number of aromatic amines is 2. The third-order valence-electron chi connectivity index (χ3n) is 16.2. The SMILES string of the molecule is CC(=O)N[C@H](CS)C(=O)N[C@H](CS)C(=O)N[C@@H](CCC(=O)O)C(=O)N[C@@H](Cc1cnc[nH]1)C(=O)N[C@H](C(=O)N[C@@H](CCCNC(N)N)C(=O)N[C@@H](Cc1c[nH]c2ccccc12)C(=O)N[C@@H](CS)C(=O)N[C@@H](CCCCN)C(=O)N1CCCC1C(=O)N[C@H](C(N)=O)C(C)C)c1ccccc1. The van der Waals surface area contributed by atoms with Crippen LogP contribution in [0.25, 0.3) is 10.9 Å². The van der Waals surface area contributed by atoms with Crippen molar-refractivity contribution in [3.63, 3.8) is 0 Å². The van der Waals surface area contributed by atoms with Crippen LogP contribution in [0.1, 0.15) is 101 Å². The summed E-state index contributed by atoms with van der Waals surface area (Å²) in [6, 6.07) is -0.265. The molecular weight excluding hydrogens is 1340 g/mol. The molecule has 542 valence electrons. The fourth-order valence-corrected chi connectivity index (χ4v) is 11.7. The number of carboxylic acid groups (broad SMARTS) is 1. The zero-order chi connectivity index (χ0) is 72.9. The predicted molar refractivity (Wildman–Crippen MR) is 374 cm³/mol. The first-order valence-corrected chi connectivity index (χ1v) is 34.3. The number of benzene rings is 2. The van der Waals surface area contributed by atoms with Crippen molar-refractivity contribution in [3.05, 3.63) is 90.1 Å². The predicted octanol–water partition coefficient (Wildman–Crippen LogP) is -3.60. The number of rotatable bonds is 42. The summed E-state index contributed by atoms with van der Waals surface area (Å²) in [5.74, 6) is -12.5. The van der Waals surface area contributed by atoms with Crippen LogP contribution in [-0.2, 0) is 75.2 Å². The highest BCUT2D eigenvalue weighted by molar-refractivity contribution is 7.80. The number of carbonyl (C=O) groups is 13. The Bertz CT molecular complexity index is 3400. The van der Waals surface area contributed by atoms with Crippen molar-refractivity contribution in [2.24, 2.45) is 28.9 Å². The number of amides is 12. The van der Waals surface area contributed by atoms with E-state index in [1.165, 1.54) is 36.5 Å². The van der Waals surface area contributed by atoms with E-state index in [2.05, 4.69) is 111 Å². The molecule has 12 amide bonds. The van der Waals surface area contributed by atoms with Crippen molar-refractivity contribution in [1.82, 2.24) is 78.3 Å². The summed E-state index contributed by atoms with van der Waals surface area (Å²) in [6.07, 6.45) is 3.23. The van der Waals surface area contributed by atoms with Crippen LogP contribution >= 0.6 is 37.9 Å². The number of aliphatic carboxylic acids is 1. The number of para-hydroxylation sites is 1. The number of nitrogens with two attached hydrogens (primary N) is 4. The Kier molecular flexibility index (Phi) is 33.4. The van der Waals surface area contributed by atoms with E-state index in [0.29, 0.717) is 41.4 Å². The zero-order valence-electron chi connectivity index (χ0n) is 55.3. The number of aromatic nitrogens is 3. The number of H-pyrrole nitrogens is 2. The number of carboxylic acids is 1. The van der Waals surface area contributed by atoms with E-state index >= 15 is 9.59 Å². The number of likely N-dealkylation sites (tertiary alicyclic amines) is 1. The smallest absolute Gasteiger partial charge is 0.303 e. The Labute approximate surface area is 588 Å². The maximum absolute atomic E-state index is 15.1. The molecule has 0 aliphatic carbocycles. The summed E-state index contributed by atoms with van der Waals surface area (Å²) in [7, 11) is 0. The van der Waals surface area contributed by atoms with Crippen LogP contribution in [0.4, 0.5) is 0 Å². The number of unbranched alkanes of at least 4 members (excludes halogenated alkanes) is 1. The van der Waals surface area contributed by atoms with Gasteiger partial charge in [0, 0.05) is 79.0 Å². The minimum atomic E-state index is -1.66. The maximum atomic E-state index is 15.1. The lowest BCUT2D eigenvalue weighted by molar-refractivity contribution is -0.142. The molecule has 1 unspecified atom stereocenters. The maximum Gasteiger partial charge on any atom is 0.303 e. The van der Waals surface area contributed by atoms with Gasteiger partial charge in [-0.15, -0.1) is 0 Å². The molecule has 4 aromatic rings. The van der Waals surface area contributed by atoms with Crippen molar-refractivity contribution in [1.29, 1.82) is 0 Å². The Balaban J connectivity index is 1.45. The third-order valence-corrected chi connectivity index (χ3v) is 17.3. The summed E-state index contributed by atoms with van der Waals surface area (Å²) in [4.78, 5) is 191. The molecule has 0 spiro atoms. The van der Waals surface area contributed by atoms with E-state index in [4.69, 9.17) is 22.9 Å². The first kappa shape index (κ1) is 80.9. The fraction of sp³-hybridized carbons (Fsp3) is 0.524. The highest BCUT2D eigenvalue weighted by atomic mass is 32.1. The van der Waals surface area contributed by atoms with E-state index in [0.717, 1.165) is 0 Å². The summed E-state index contributed by atoms with van der Waals surface area (Å²) in [5.41, 5.74) is 24.7. The highest BCUT2D eigenvalue weighted by Gasteiger charge is 2.41. The van der Waals surface area contributed by atoms with Gasteiger partial charge in [0.25, 0.3) is 0 Å². The molecule has 0 saturated carbocycles. The van der Waals surface area contributed by atoms with E-state index < -0.39 is 162 Å². The number of primary amides is 1. The van der Waals surface area contributed by atoms with Gasteiger partial charge in [0.15, 0.2) is 0 Å². The van der Waals surface area contributed by atoms with Gasteiger partial charge in [-0.1, -0.05) is 62.4 Å². The molecule has 3 heterocycles. The fourth-order valence-electron chi connectivity index (χ4n) is 10.9. The minimum absolute atomic E-state index is 0.0913. The van der Waals surface area contributed by atoms with Crippen molar-refractivity contribution < 1.29 is 67.4 Å². The van der Waals surface area contributed by atoms with Crippen LogP contribution in [0, 0.1) is 5.92 Å². The standard InChI is InChI=1S/C63H93N19O14S3/c1-33(2)50(52(65)86)80-60(94)48-19-12-24-82(48)62(96)42(17-9-10-22-64)75-59(93)47(31-99)78-55(89)43(25-36-27-70-39-16-8-7-15-38(36)39)76-53(87)40(18-11-23-69-63(66)67)74-61(95)51(35-13-5-4-6-14-35)81-56(90)44(26-37-28-68-32-71-37)77-54(88)41(20-21-49(84)85)73-58(92)46(30-98)79-57(91)45(29-97)72-34(3)83/h4-8,13-16,27-28,32-33,40-48,50-51,63,69-70,97-99H,9-12,17-26,29-31,64,66-67H2,1-3H3,(H2,65,86)(H,68,71)(H,72,83)(H,73,92)(H,74,95)(H,75,93)(H,76,87)(H,77,88)(H,78,89)(H,79,91)(H,80,94)(H,81,90)(H,84,85)/t40-,41-,42-,43-,44-,45+,46+,47-,48?,50-,51-/m0/s1. The third kappa shape index (κ3) is 25.5. The Hall–Kier alpha value is -8.81. The Morgan fingerprint density at radius 1 is 0.616 bits per heavy atom. The number of nitrogens with one attached hydrogen (secondary N) is 13. The Morgan fingerprint density at radius 2 is 1.14 bits per heavy atom. The monoisotopic (exact) mass is 1440 g/mol. The number of imidazole rings is 1. The molecule has 0 radical (unpaired) electrons. The van der Waals surface area contributed by atoms with Gasteiger partial charge in [-0.3, -0.25) is 67.6 Å². The second kappa shape index (κ2) is 40.9. The number of nitrogens with zero attached hydrogens (tertiary/aromatic N) is 2. The molecule has 99 heavy (non-hydrogen) atoms. The van der Waals surface area contributed by atoms with Crippen molar-refractivity contribution in [3.8, 4) is 0 Å². The minimum Gasteiger partial charge on any atom is -0.481 e. The van der Waals surface area contributed by atoms with Crippen LogP contribution in [0.15, 0.2) is 73.3 Å². The summed E-state index contributed by atoms with van der Waals surface area (Å²) in [5, 5.41) is 39.3. The van der Waals surface area contributed by atoms with Crippen LogP contribution in [0.5, 0.6) is 0 Å². The van der Waals surface area contributed by atoms with Crippen LogP contribution in [0.3, 0.4) is 0 Å². The second-order valence-electron chi connectivity index (χ2n) is 24.1. The highest BCUT2D eigenvalue weighted by Crippen LogP contribution is 2.23. The number of carbonyl (C=O) groups excluding carboxylic acids is 12. The van der Waals surface area contributed by atoms with Gasteiger partial charge in [0.05, 0.1) is 6.33 Å². The average Bonchev–Trinajstić information content (AvgIpc) is 1.77. The summed E-state index contributed by atoms with van der Waals surface area (Å²) < 4.78 is 0. The van der Waals surface area contributed by atoms with Crippen molar-refractivity contribution in [2.45, 2.75) is 164 Å². The molecule has 33 nitrogen and oxygen atoms in total. The normalized spacial score (nSPS) is 15.9. The molecular formula is C63H93N19O14S3. The average molecular weight is 1440 g/mol. The second-order valence-corrected chi connectivity index (χ2v) is 25.2. The molecule has 1 aliphatic heterocycles. The lowest BCUT2D eigenvalue weighted by atomic mass is 10.0. The molecule has 1 fully saturated rings. The van der Waals surface area contributed by atoms with Crippen LogP contribution in [-0.4, -0.2) is 205 Å². The first-order chi connectivity index (χ1) is 47.2.